The molecular formula is C10H20N2O. The normalized spacial score (nSPS) is 33.8. The summed E-state index contributed by atoms with van der Waals surface area (Å²) in [5, 5.41) is 5.96. The number of hydrogen-bond acceptors (Lipinski definition) is 1. The molecule has 0 aromatic heterocycles. The van der Waals surface area contributed by atoms with E-state index in [1.807, 2.05) is 0 Å². The van der Waals surface area contributed by atoms with Gasteiger partial charge < -0.3 is 10.6 Å². The minimum atomic E-state index is 0.00315. The van der Waals surface area contributed by atoms with Gasteiger partial charge in [0.15, 0.2) is 0 Å². The number of amides is 2. The summed E-state index contributed by atoms with van der Waals surface area (Å²) in [7, 11) is 0. The van der Waals surface area contributed by atoms with Gasteiger partial charge in [0.25, 0.3) is 0 Å². The molecule has 0 radical (unpaired) electrons. The summed E-state index contributed by atoms with van der Waals surface area (Å²) >= 11 is 0. The number of hydrogen-bond donors (Lipinski definition) is 2. The van der Waals surface area contributed by atoms with E-state index in [2.05, 4.69) is 31.4 Å². The molecule has 1 saturated heterocycles. The molecule has 2 amide bonds. The zero-order valence-electron chi connectivity index (χ0n) is 8.76. The van der Waals surface area contributed by atoms with Crippen LogP contribution in [0.5, 0.6) is 0 Å². The summed E-state index contributed by atoms with van der Waals surface area (Å²) < 4.78 is 0. The van der Waals surface area contributed by atoms with Gasteiger partial charge in [-0.3, -0.25) is 0 Å². The minimum Gasteiger partial charge on any atom is -0.335 e. The van der Waals surface area contributed by atoms with E-state index in [1.165, 1.54) is 0 Å². The lowest BCUT2D eigenvalue weighted by Gasteiger charge is -2.38. The number of urea groups is 1. The lowest BCUT2D eigenvalue weighted by molar-refractivity contribution is 0.183. The van der Waals surface area contributed by atoms with Crippen LogP contribution in [0.4, 0.5) is 4.79 Å². The quantitative estimate of drug-likeness (QED) is 0.691. The van der Waals surface area contributed by atoms with Crippen molar-refractivity contribution in [3.8, 4) is 0 Å². The first-order valence-corrected chi connectivity index (χ1v) is 5.29. The highest BCUT2D eigenvalue weighted by molar-refractivity contribution is 5.75. The van der Waals surface area contributed by atoms with Crippen molar-refractivity contribution in [2.75, 3.05) is 0 Å². The van der Waals surface area contributed by atoms with Crippen molar-refractivity contribution in [3.05, 3.63) is 0 Å². The first kappa shape index (κ1) is 10.4. The predicted molar refractivity (Wildman–Crippen MR) is 53.6 cm³/mol. The summed E-state index contributed by atoms with van der Waals surface area (Å²) in [5.41, 5.74) is 0. The van der Waals surface area contributed by atoms with Gasteiger partial charge in [0.1, 0.15) is 0 Å². The third kappa shape index (κ3) is 2.14. The maximum atomic E-state index is 11.2. The number of nitrogens with one attached hydrogen (secondary N) is 2. The average molecular weight is 184 g/mol. The van der Waals surface area contributed by atoms with Crippen molar-refractivity contribution in [2.45, 2.75) is 52.1 Å². The van der Waals surface area contributed by atoms with Gasteiger partial charge in [0.2, 0.25) is 0 Å². The Labute approximate surface area is 80.3 Å². The largest absolute Gasteiger partial charge is 0.335 e. The molecule has 0 aromatic carbocycles. The fraction of sp³-hybridized carbons (Fsp3) is 0.900. The SMILES string of the molecule is CCC1NC(=O)NC(CC)C1CC. The fourth-order valence-electron chi connectivity index (χ4n) is 2.25. The van der Waals surface area contributed by atoms with Crippen molar-refractivity contribution in [3.63, 3.8) is 0 Å². The van der Waals surface area contributed by atoms with Gasteiger partial charge in [0.05, 0.1) is 0 Å². The second kappa shape index (κ2) is 4.49. The Morgan fingerprint density at radius 2 is 1.46 bits per heavy atom. The fourth-order valence-corrected chi connectivity index (χ4v) is 2.25. The summed E-state index contributed by atoms with van der Waals surface area (Å²) in [4.78, 5) is 11.2. The first-order chi connectivity index (χ1) is 6.22. The molecule has 1 rings (SSSR count). The van der Waals surface area contributed by atoms with E-state index in [0.717, 1.165) is 19.3 Å². The van der Waals surface area contributed by atoms with E-state index in [1.54, 1.807) is 0 Å². The first-order valence-electron chi connectivity index (χ1n) is 5.29. The average Bonchev–Trinajstić information content (AvgIpc) is 2.16. The molecule has 1 fully saturated rings. The van der Waals surface area contributed by atoms with Gasteiger partial charge in [-0.05, 0) is 25.2 Å². The van der Waals surface area contributed by atoms with Crippen molar-refractivity contribution < 1.29 is 4.79 Å². The molecule has 0 aliphatic carbocycles. The molecule has 0 spiro atoms. The molecule has 76 valence electrons. The lowest BCUT2D eigenvalue weighted by atomic mass is 9.85. The second-order valence-electron chi connectivity index (χ2n) is 3.72. The van der Waals surface area contributed by atoms with Crippen LogP contribution in [-0.4, -0.2) is 18.1 Å². The van der Waals surface area contributed by atoms with E-state index in [4.69, 9.17) is 0 Å². The Hall–Kier alpha value is -0.730. The van der Waals surface area contributed by atoms with Crippen molar-refractivity contribution in [1.82, 2.24) is 10.6 Å². The molecule has 3 nitrogen and oxygen atoms in total. The number of carbonyl (C=O) groups is 1. The smallest absolute Gasteiger partial charge is 0.315 e. The molecular weight excluding hydrogens is 164 g/mol. The summed E-state index contributed by atoms with van der Waals surface area (Å²) in [6, 6.07) is 0.732. The van der Waals surface area contributed by atoms with Gasteiger partial charge in [-0.15, -0.1) is 0 Å². The third-order valence-electron chi connectivity index (χ3n) is 3.02. The van der Waals surface area contributed by atoms with Crippen LogP contribution in [0.2, 0.25) is 0 Å². The molecule has 1 heterocycles. The zero-order chi connectivity index (χ0) is 9.84. The number of carbonyl (C=O) groups excluding carboxylic acids is 1. The van der Waals surface area contributed by atoms with Gasteiger partial charge in [-0.2, -0.15) is 0 Å². The van der Waals surface area contributed by atoms with Crippen LogP contribution in [0.15, 0.2) is 0 Å². The molecule has 13 heavy (non-hydrogen) atoms. The summed E-state index contributed by atoms with van der Waals surface area (Å²) in [6.45, 7) is 6.45. The van der Waals surface area contributed by atoms with E-state index in [0.29, 0.717) is 18.0 Å². The van der Waals surface area contributed by atoms with Crippen molar-refractivity contribution >= 4 is 6.03 Å². The van der Waals surface area contributed by atoms with Crippen molar-refractivity contribution in [2.24, 2.45) is 5.92 Å². The molecule has 3 heteroatoms. The highest BCUT2D eigenvalue weighted by Gasteiger charge is 2.32. The zero-order valence-corrected chi connectivity index (χ0v) is 8.76. The molecule has 2 N–H and O–H groups in total. The highest BCUT2D eigenvalue weighted by Crippen LogP contribution is 2.21. The minimum absolute atomic E-state index is 0.00315. The Bertz CT molecular complexity index is 166. The van der Waals surface area contributed by atoms with E-state index >= 15 is 0 Å². The predicted octanol–water partition coefficient (Wildman–Crippen LogP) is 1.88. The molecule has 1 aliphatic heterocycles. The summed E-state index contributed by atoms with van der Waals surface area (Å²) in [6.07, 6.45) is 3.19. The van der Waals surface area contributed by atoms with Crippen LogP contribution < -0.4 is 10.6 Å². The van der Waals surface area contributed by atoms with E-state index in [-0.39, 0.29) is 6.03 Å². The van der Waals surface area contributed by atoms with Crippen LogP contribution in [0, 0.1) is 5.92 Å². The van der Waals surface area contributed by atoms with Crippen LogP contribution in [0.1, 0.15) is 40.0 Å². The van der Waals surface area contributed by atoms with Gasteiger partial charge in [-0.25, -0.2) is 4.79 Å². The van der Waals surface area contributed by atoms with Gasteiger partial charge in [0, 0.05) is 12.1 Å². The number of rotatable bonds is 3. The Morgan fingerprint density at radius 3 is 1.77 bits per heavy atom. The summed E-state index contributed by atoms with van der Waals surface area (Å²) in [5.74, 6) is 0.590. The van der Waals surface area contributed by atoms with Crippen LogP contribution >= 0.6 is 0 Å². The highest BCUT2D eigenvalue weighted by atomic mass is 16.2. The molecule has 0 saturated carbocycles. The van der Waals surface area contributed by atoms with E-state index in [9.17, 15) is 4.79 Å². The van der Waals surface area contributed by atoms with Gasteiger partial charge in [-0.1, -0.05) is 20.8 Å². The standard InChI is InChI=1S/C10H20N2O/c1-4-7-8(5-2)11-10(13)12-9(7)6-3/h7-9H,4-6H2,1-3H3,(H2,11,12,13). The Morgan fingerprint density at radius 1 is 1.00 bits per heavy atom. The maximum Gasteiger partial charge on any atom is 0.315 e. The van der Waals surface area contributed by atoms with Gasteiger partial charge >= 0.3 is 6.03 Å². The Balaban J connectivity index is 2.67. The maximum absolute atomic E-state index is 11.2. The molecule has 0 aromatic rings. The Kier molecular flexibility index (Phi) is 3.58. The molecule has 1 aliphatic rings. The lowest BCUT2D eigenvalue weighted by Crippen LogP contribution is -2.59. The van der Waals surface area contributed by atoms with Crippen LogP contribution in [-0.2, 0) is 0 Å². The van der Waals surface area contributed by atoms with E-state index < -0.39 is 0 Å². The second-order valence-corrected chi connectivity index (χ2v) is 3.72. The molecule has 2 atom stereocenters. The molecule has 0 bridgehead atoms. The van der Waals surface area contributed by atoms with Crippen LogP contribution in [0.25, 0.3) is 0 Å². The topological polar surface area (TPSA) is 41.1 Å². The molecule has 2 unspecified atom stereocenters. The monoisotopic (exact) mass is 184 g/mol. The third-order valence-corrected chi connectivity index (χ3v) is 3.02. The van der Waals surface area contributed by atoms with Crippen molar-refractivity contribution in [1.29, 1.82) is 0 Å². The van der Waals surface area contributed by atoms with Crippen LogP contribution in [0.3, 0.4) is 0 Å².